The van der Waals surface area contributed by atoms with E-state index in [1.807, 2.05) is 0 Å². The Morgan fingerprint density at radius 2 is 2.00 bits per heavy atom. The predicted molar refractivity (Wildman–Crippen MR) is 99.9 cm³/mol. The van der Waals surface area contributed by atoms with Crippen molar-refractivity contribution in [2.24, 2.45) is 0 Å². The van der Waals surface area contributed by atoms with Crippen molar-refractivity contribution in [2.45, 2.75) is 6.92 Å². The number of rotatable bonds is 3. The lowest BCUT2D eigenvalue weighted by Crippen LogP contribution is -2.37. The maximum Gasteiger partial charge on any atom is 0.339 e. The summed E-state index contributed by atoms with van der Waals surface area (Å²) in [6.45, 7) is 1.52. The Bertz CT molecular complexity index is 1120. The van der Waals surface area contributed by atoms with E-state index in [0.29, 0.717) is 17.1 Å². The number of halogens is 1. The highest BCUT2D eigenvalue weighted by Crippen LogP contribution is 2.29. The third-order valence-corrected chi connectivity index (χ3v) is 4.49. The van der Waals surface area contributed by atoms with Crippen LogP contribution in [0.4, 0.5) is 0 Å². The summed E-state index contributed by atoms with van der Waals surface area (Å²) in [5.41, 5.74) is 1.08. The molecule has 3 rings (SSSR count). The van der Waals surface area contributed by atoms with E-state index in [-0.39, 0.29) is 27.3 Å². The average Bonchev–Trinajstić information content (AvgIpc) is 3.14. The number of benzene rings is 1. The number of furan rings is 1. The fraction of sp³-hybridized carbons (Fsp3) is 0.100. The van der Waals surface area contributed by atoms with Gasteiger partial charge in [0.05, 0.1) is 17.7 Å². The second kappa shape index (κ2) is 7.55. The van der Waals surface area contributed by atoms with Crippen LogP contribution in [0.1, 0.15) is 23.0 Å². The van der Waals surface area contributed by atoms with E-state index in [9.17, 15) is 14.4 Å². The van der Waals surface area contributed by atoms with Gasteiger partial charge in [-0.25, -0.2) is 4.79 Å². The molecule has 1 aromatic heterocycles. The molecule has 2 amide bonds. The number of nitrogens with zero attached hydrogens (tertiary/aromatic N) is 1. The summed E-state index contributed by atoms with van der Waals surface area (Å²) in [5.74, 6) is -1.14. The molecule has 140 valence electrons. The number of methoxy groups -OCH3 is 1. The molecule has 7 nitrogen and oxygen atoms in total. The zero-order valence-corrected chi connectivity index (χ0v) is 15.6. The molecule has 0 atom stereocenters. The molecule has 1 aliphatic rings. The Morgan fingerprint density at radius 1 is 1.25 bits per heavy atom. The molecule has 0 aliphatic carbocycles. The molecular formula is C20H13ClN2O5. The fourth-order valence-electron chi connectivity index (χ4n) is 2.69. The number of carbonyl (C=O) groups is 3. The number of esters is 1. The number of carbonyl (C=O) groups excluding carboxylic acids is 3. The van der Waals surface area contributed by atoms with E-state index in [4.69, 9.17) is 26.0 Å². The number of nitrogens with one attached hydrogen (secondary N) is 1. The molecule has 8 heteroatoms. The average molecular weight is 397 g/mol. The number of nitriles is 1. The second-order valence-electron chi connectivity index (χ2n) is 5.84. The molecule has 28 heavy (non-hydrogen) atoms. The summed E-state index contributed by atoms with van der Waals surface area (Å²) in [6, 6.07) is 9.83. The van der Waals surface area contributed by atoms with E-state index in [1.165, 1.54) is 26.2 Å². The van der Waals surface area contributed by atoms with Crippen LogP contribution >= 0.6 is 11.6 Å². The van der Waals surface area contributed by atoms with Gasteiger partial charge in [-0.05, 0) is 48.9 Å². The van der Waals surface area contributed by atoms with Crippen molar-refractivity contribution >= 4 is 35.5 Å². The standard InChI is InChI=1S/C20H13ClN2O5/c1-10-13(18(24)23-19(25)15(10)9-22)8-12-4-6-17(28-12)11-3-5-16(21)14(7-11)20(26)27-2/h3-8H,1-2H3,(H,23,24,25)/b13-8-. The van der Waals surface area contributed by atoms with Crippen molar-refractivity contribution in [3.05, 3.63) is 63.4 Å². The maximum absolute atomic E-state index is 12.1. The molecule has 2 heterocycles. The first-order valence-corrected chi connectivity index (χ1v) is 8.40. The van der Waals surface area contributed by atoms with Crippen molar-refractivity contribution < 1.29 is 23.5 Å². The van der Waals surface area contributed by atoms with Gasteiger partial charge in [0.1, 0.15) is 23.2 Å². The highest BCUT2D eigenvalue weighted by molar-refractivity contribution is 6.33. The van der Waals surface area contributed by atoms with Crippen molar-refractivity contribution in [1.82, 2.24) is 5.32 Å². The number of hydrogen-bond acceptors (Lipinski definition) is 6. The Morgan fingerprint density at radius 3 is 2.68 bits per heavy atom. The molecule has 0 bridgehead atoms. The van der Waals surface area contributed by atoms with Gasteiger partial charge in [-0.1, -0.05) is 11.6 Å². The van der Waals surface area contributed by atoms with E-state index in [0.717, 1.165) is 0 Å². The predicted octanol–water partition coefficient (Wildman–Crippen LogP) is 3.27. The second-order valence-corrected chi connectivity index (χ2v) is 6.25. The van der Waals surface area contributed by atoms with Crippen LogP contribution in [0, 0.1) is 11.3 Å². The van der Waals surface area contributed by atoms with E-state index >= 15 is 0 Å². The minimum atomic E-state index is -0.723. The lowest BCUT2D eigenvalue weighted by molar-refractivity contribution is -0.126. The summed E-state index contributed by atoms with van der Waals surface area (Å²) in [6.07, 6.45) is 1.44. The van der Waals surface area contributed by atoms with Gasteiger partial charge in [-0.2, -0.15) is 5.26 Å². The third kappa shape index (κ3) is 3.46. The molecule has 1 aliphatic heterocycles. The van der Waals surface area contributed by atoms with Crippen molar-refractivity contribution in [3.8, 4) is 17.4 Å². The van der Waals surface area contributed by atoms with Gasteiger partial charge in [0, 0.05) is 11.1 Å². The van der Waals surface area contributed by atoms with E-state index in [2.05, 4.69) is 5.32 Å². The number of imide groups is 1. The largest absolute Gasteiger partial charge is 0.465 e. The lowest BCUT2D eigenvalue weighted by Gasteiger charge is -2.15. The number of hydrogen-bond donors (Lipinski definition) is 1. The zero-order valence-electron chi connectivity index (χ0n) is 14.8. The Hall–Kier alpha value is -3.63. The van der Waals surface area contributed by atoms with Crippen LogP contribution in [0.15, 0.2) is 51.5 Å². The van der Waals surface area contributed by atoms with E-state index < -0.39 is 17.8 Å². The molecule has 0 spiro atoms. The van der Waals surface area contributed by atoms with Crippen LogP contribution in [0.25, 0.3) is 17.4 Å². The molecule has 0 unspecified atom stereocenters. The van der Waals surface area contributed by atoms with Gasteiger partial charge in [0.15, 0.2) is 0 Å². The monoisotopic (exact) mass is 396 g/mol. The summed E-state index contributed by atoms with van der Waals surface area (Å²) in [7, 11) is 1.26. The van der Waals surface area contributed by atoms with Gasteiger partial charge >= 0.3 is 5.97 Å². The van der Waals surface area contributed by atoms with Gasteiger partial charge in [-0.3, -0.25) is 14.9 Å². The smallest absolute Gasteiger partial charge is 0.339 e. The molecule has 0 saturated carbocycles. The van der Waals surface area contributed by atoms with Gasteiger partial charge < -0.3 is 9.15 Å². The zero-order chi connectivity index (χ0) is 20.4. The molecule has 1 aromatic carbocycles. The van der Waals surface area contributed by atoms with Gasteiger partial charge in [0.2, 0.25) is 0 Å². The summed E-state index contributed by atoms with van der Waals surface area (Å²) in [4.78, 5) is 35.6. The molecule has 0 saturated heterocycles. The summed E-state index contributed by atoms with van der Waals surface area (Å²) >= 11 is 6.02. The maximum atomic E-state index is 12.1. The topological polar surface area (TPSA) is 109 Å². The summed E-state index contributed by atoms with van der Waals surface area (Å²) in [5, 5.41) is 11.5. The van der Waals surface area contributed by atoms with Gasteiger partial charge in [0.25, 0.3) is 11.8 Å². The van der Waals surface area contributed by atoms with Crippen molar-refractivity contribution in [2.75, 3.05) is 7.11 Å². The first-order chi connectivity index (χ1) is 13.3. The first kappa shape index (κ1) is 19.1. The van der Waals surface area contributed by atoms with Crippen LogP contribution in [-0.2, 0) is 14.3 Å². The molecular weight excluding hydrogens is 384 g/mol. The Kier molecular flexibility index (Phi) is 5.16. The Labute approximate surface area is 164 Å². The van der Waals surface area contributed by atoms with Crippen LogP contribution in [0.3, 0.4) is 0 Å². The third-order valence-electron chi connectivity index (χ3n) is 4.16. The lowest BCUT2D eigenvalue weighted by atomic mass is 9.96. The van der Waals surface area contributed by atoms with Crippen LogP contribution in [0.5, 0.6) is 0 Å². The summed E-state index contributed by atoms with van der Waals surface area (Å²) < 4.78 is 10.4. The highest BCUT2D eigenvalue weighted by Gasteiger charge is 2.27. The van der Waals surface area contributed by atoms with Crippen LogP contribution < -0.4 is 5.32 Å². The van der Waals surface area contributed by atoms with Crippen molar-refractivity contribution in [1.29, 1.82) is 5.26 Å². The first-order valence-electron chi connectivity index (χ1n) is 8.02. The quantitative estimate of drug-likeness (QED) is 0.484. The highest BCUT2D eigenvalue weighted by atomic mass is 35.5. The van der Waals surface area contributed by atoms with Crippen LogP contribution in [-0.4, -0.2) is 24.9 Å². The minimum absolute atomic E-state index is 0.127. The fourth-order valence-corrected chi connectivity index (χ4v) is 2.88. The molecule has 0 radical (unpaired) electrons. The van der Waals surface area contributed by atoms with Crippen molar-refractivity contribution in [3.63, 3.8) is 0 Å². The van der Waals surface area contributed by atoms with Crippen LogP contribution in [0.2, 0.25) is 5.02 Å². The number of amides is 2. The molecule has 0 fully saturated rings. The molecule has 2 aromatic rings. The van der Waals surface area contributed by atoms with Gasteiger partial charge in [-0.15, -0.1) is 0 Å². The normalized spacial score (nSPS) is 15.4. The molecule has 1 N–H and O–H groups in total. The Balaban J connectivity index is 2.00. The minimum Gasteiger partial charge on any atom is -0.465 e. The number of ether oxygens (including phenoxy) is 1. The van der Waals surface area contributed by atoms with E-state index in [1.54, 1.807) is 30.3 Å². The SMILES string of the molecule is COC(=O)c1cc(-c2ccc(/C=C3\C(=O)NC(=O)C(C#N)=C3C)o2)ccc1Cl.